The van der Waals surface area contributed by atoms with Crippen LogP contribution >= 0.6 is 11.6 Å². The molecule has 0 unspecified atom stereocenters. The summed E-state index contributed by atoms with van der Waals surface area (Å²) in [5, 5.41) is 0.331. The number of ether oxygens (including phenoxy) is 1. The molecule has 1 heterocycles. The monoisotopic (exact) mass is 358 g/mol. The normalized spacial score (nSPS) is 20.7. The minimum Gasteiger partial charge on any atom is -0.379 e. The summed E-state index contributed by atoms with van der Waals surface area (Å²) in [6, 6.07) is 5.42. The zero-order valence-electron chi connectivity index (χ0n) is 13.1. The van der Waals surface area contributed by atoms with Gasteiger partial charge in [0.2, 0.25) is 10.0 Å². The molecular weight excluding hydrogens is 336 g/mol. The van der Waals surface area contributed by atoms with E-state index in [1.807, 2.05) is 6.07 Å². The molecular formula is C16H23ClN2O3S. The van der Waals surface area contributed by atoms with Crippen LogP contribution < -0.4 is 4.72 Å². The van der Waals surface area contributed by atoms with Gasteiger partial charge in [0.05, 0.1) is 18.5 Å². The van der Waals surface area contributed by atoms with E-state index in [9.17, 15) is 8.42 Å². The van der Waals surface area contributed by atoms with Crippen molar-refractivity contribution in [1.82, 2.24) is 4.90 Å². The van der Waals surface area contributed by atoms with E-state index in [1.54, 1.807) is 12.1 Å². The molecule has 2 fully saturated rings. The van der Waals surface area contributed by atoms with Crippen LogP contribution in [0.25, 0.3) is 0 Å². The molecule has 0 bridgehead atoms. The van der Waals surface area contributed by atoms with Gasteiger partial charge in [0.25, 0.3) is 0 Å². The summed E-state index contributed by atoms with van der Waals surface area (Å²) >= 11 is 6.34. The van der Waals surface area contributed by atoms with E-state index in [0.717, 1.165) is 64.1 Å². The van der Waals surface area contributed by atoms with E-state index >= 15 is 0 Å². The van der Waals surface area contributed by atoms with Gasteiger partial charge in [0, 0.05) is 30.3 Å². The minimum atomic E-state index is -3.31. The fourth-order valence-electron chi connectivity index (χ4n) is 3.19. The van der Waals surface area contributed by atoms with Crippen LogP contribution in [0.3, 0.4) is 0 Å². The quantitative estimate of drug-likeness (QED) is 0.879. The van der Waals surface area contributed by atoms with Crippen LogP contribution in [0.15, 0.2) is 18.2 Å². The van der Waals surface area contributed by atoms with Crippen molar-refractivity contribution in [1.29, 1.82) is 0 Å². The second-order valence-electron chi connectivity index (χ2n) is 6.25. The molecule has 128 valence electrons. The Kier molecular flexibility index (Phi) is 5.46. The van der Waals surface area contributed by atoms with Gasteiger partial charge in [-0.3, -0.25) is 9.62 Å². The maximum atomic E-state index is 12.3. The highest BCUT2D eigenvalue weighted by atomic mass is 35.5. The fourth-order valence-corrected chi connectivity index (χ4v) is 5.00. The molecule has 23 heavy (non-hydrogen) atoms. The zero-order valence-corrected chi connectivity index (χ0v) is 14.7. The Morgan fingerprint density at radius 2 is 1.91 bits per heavy atom. The maximum absolute atomic E-state index is 12.3. The van der Waals surface area contributed by atoms with Crippen molar-refractivity contribution in [3.8, 4) is 0 Å². The lowest BCUT2D eigenvalue weighted by molar-refractivity contribution is 0.0342. The van der Waals surface area contributed by atoms with E-state index in [-0.39, 0.29) is 5.25 Å². The van der Waals surface area contributed by atoms with Crippen molar-refractivity contribution < 1.29 is 13.2 Å². The number of morpholine rings is 1. The summed E-state index contributed by atoms with van der Waals surface area (Å²) < 4.78 is 32.7. The van der Waals surface area contributed by atoms with Gasteiger partial charge >= 0.3 is 0 Å². The first-order valence-corrected chi connectivity index (χ1v) is 10.1. The molecule has 1 aromatic rings. The van der Waals surface area contributed by atoms with Crippen molar-refractivity contribution in [2.75, 3.05) is 31.0 Å². The third-order valence-corrected chi connectivity index (χ3v) is 6.77. The van der Waals surface area contributed by atoms with Gasteiger partial charge < -0.3 is 4.74 Å². The highest BCUT2D eigenvalue weighted by molar-refractivity contribution is 7.93. The van der Waals surface area contributed by atoms with Crippen LogP contribution in [0.5, 0.6) is 0 Å². The molecule has 0 atom stereocenters. The second kappa shape index (κ2) is 7.38. The van der Waals surface area contributed by atoms with Gasteiger partial charge in [-0.25, -0.2) is 8.42 Å². The van der Waals surface area contributed by atoms with Crippen LogP contribution in [0.4, 0.5) is 5.69 Å². The Morgan fingerprint density at radius 1 is 1.22 bits per heavy atom. The van der Waals surface area contributed by atoms with E-state index < -0.39 is 10.0 Å². The Balaban J connectivity index is 1.66. The highest BCUT2D eigenvalue weighted by Gasteiger charge is 2.28. The molecule has 7 heteroatoms. The standard InChI is InChI=1S/C16H23ClN2O3S/c17-16-11-14(18-23(20,21)15-3-1-2-4-15)6-5-13(16)12-19-7-9-22-10-8-19/h5-6,11,15,18H,1-4,7-10,12H2. The van der Waals surface area contributed by atoms with Crippen molar-refractivity contribution in [3.05, 3.63) is 28.8 Å². The number of rotatable bonds is 5. The predicted octanol–water partition coefficient (Wildman–Crippen LogP) is 2.86. The average Bonchev–Trinajstić information content (AvgIpc) is 3.06. The summed E-state index contributed by atoms with van der Waals surface area (Å²) in [7, 11) is -3.31. The number of halogens is 1. The van der Waals surface area contributed by atoms with Crippen molar-refractivity contribution in [2.45, 2.75) is 37.5 Å². The van der Waals surface area contributed by atoms with Crippen LogP contribution in [0.2, 0.25) is 5.02 Å². The minimum absolute atomic E-state index is 0.269. The lowest BCUT2D eigenvalue weighted by Gasteiger charge is -2.27. The number of nitrogens with one attached hydrogen (secondary N) is 1. The van der Waals surface area contributed by atoms with Gasteiger partial charge in [-0.15, -0.1) is 0 Å². The summed E-state index contributed by atoms with van der Waals surface area (Å²) in [4.78, 5) is 2.28. The lowest BCUT2D eigenvalue weighted by atomic mass is 10.2. The molecule has 5 nitrogen and oxygen atoms in total. The summed E-state index contributed by atoms with van der Waals surface area (Å²) in [6.45, 7) is 4.05. The first-order valence-electron chi connectivity index (χ1n) is 8.15. The lowest BCUT2D eigenvalue weighted by Crippen LogP contribution is -2.35. The molecule has 1 aromatic carbocycles. The molecule has 1 aliphatic heterocycles. The fraction of sp³-hybridized carbons (Fsp3) is 0.625. The summed E-state index contributed by atoms with van der Waals surface area (Å²) in [6.07, 6.45) is 3.48. The van der Waals surface area contributed by atoms with Gasteiger partial charge in [-0.05, 0) is 30.5 Å². The Morgan fingerprint density at radius 3 is 2.57 bits per heavy atom. The van der Waals surface area contributed by atoms with Gasteiger partial charge in [-0.2, -0.15) is 0 Å². The third kappa shape index (κ3) is 4.38. The number of hydrogen-bond acceptors (Lipinski definition) is 4. The molecule has 2 aliphatic rings. The van der Waals surface area contributed by atoms with Crippen molar-refractivity contribution in [3.63, 3.8) is 0 Å². The molecule has 0 spiro atoms. The van der Waals surface area contributed by atoms with E-state index in [4.69, 9.17) is 16.3 Å². The smallest absolute Gasteiger partial charge is 0.235 e. The van der Waals surface area contributed by atoms with E-state index in [2.05, 4.69) is 9.62 Å². The molecule has 1 aliphatic carbocycles. The number of hydrogen-bond donors (Lipinski definition) is 1. The summed E-state index contributed by atoms with van der Waals surface area (Å²) in [5.41, 5.74) is 1.56. The van der Waals surface area contributed by atoms with E-state index in [1.165, 1.54) is 0 Å². The van der Waals surface area contributed by atoms with Gasteiger partial charge in [0.15, 0.2) is 0 Å². The Bertz CT molecular complexity index is 639. The third-order valence-electron chi connectivity index (χ3n) is 4.55. The second-order valence-corrected chi connectivity index (χ2v) is 8.62. The molecule has 1 N–H and O–H groups in total. The van der Waals surface area contributed by atoms with Crippen LogP contribution in [0.1, 0.15) is 31.2 Å². The number of benzene rings is 1. The van der Waals surface area contributed by atoms with Crippen molar-refractivity contribution >= 4 is 27.3 Å². The molecule has 1 saturated carbocycles. The highest BCUT2D eigenvalue weighted by Crippen LogP contribution is 2.28. The predicted molar refractivity (Wildman–Crippen MR) is 92.3 cm³/mol. The molecule has 0 amide bonds. The van der Waals surface area contributed by atoms with Gasteiger partial charge in [-0.1, -0.05) is 30.5 Å². The number of anilines is 1. The number of sulfonamides is 1. The molecule has 1 saturated heterocycles. The Hall–Kier alpha value is -0.820. The van der Waals surface area contributed by atoms with Crippen LogP contribution in [0, 0.1) is 0 Å². The largest absolute Gasteiger partial charge is 0.379 e. The Labute approximate surface area is 143 Å². The zero-order chi connectivity index (χ0) is 16.3. The topological polar surface area (TPSA) is 58.6 Å². The van der Waals surface area contributed by atoms with Crippen molar-refractivity contribution in [2.24, 2.45) is 0 Å². The maximum Gasteiger partial charge on any atom is 0.235 e. The summed E-state index contributed by atoms with van der Waals surface area (Å²) in [5.74, 6) is 0. The van der Waals surface area contributed by atoms with Crippen LogP contribution in [-0.4, -0.2) is 44.9 Å². The first-order chi connectivity index (χ1) is 11.0. The molecule has 3 rings (SSSR count). The SMILES string of the molecule is O=S(=O)(Nc1ccc(CN2CCOCC2)c(Cl)c1)C1CCCC1. The van der Waals surface area contributed by atoms with E-state index in [0.29, 0.717) is 10.7 Å². The molecule has 0 radical (unpaired) electrons. The first kappa shape index (κ1) is 17.0. The average molecular weight is 359 g/mol. The van der Waals surface area contributed by atoms with Crippen LogP contribution in [-0.2, 0) is 21.3 Å². The molecule has 0 aromatic heterocycles. The van der Waals surface area contributed by atoms with Gasteiger partial charge in [0.1, 0.15) is 0 Å². The number of nitrogens with zero attached hydrogens (tertiary/aromatic N) is 1.